The van der Waals surface area contributed by atoms with Gasteiger partial charge in [-0.2, -0.15) is 12.6 Å². The molecule has 4 unspecified atom stereocenters. The third-order valence-corrected chi connectivity index (χ3v) is 5.62. The van der Waals surface area contributed by atoms with Crippen LogP contribution in [0.1, 0.15) is 32.3 Å². The Labute approximate surface area is 216 Å². The number of aliphatic imine (C=N–C) groups is 1. The second-order valence-electron chi connectivity index (χ2n) is 8.62. The van der Waals surface area contributed by atoms with E-state index in [1.54, 1.807) is 13.8 Å². The van der Waals surface area contributed by atoms with Crippen molar-refractivity contribution in [2.45, 2.75) is 57.3 Å². The van der Waals surface area contributed by atoms with Crippen LogP contribution in [0.3, 0.4) is 0 Å². The molecule has 36 heavy (non-hydrogen) atoms. The molecule has 10 N–H and O–H groups in total. The van der Waals surface area contributed by atoms with Gasteiger partial charge in [-0.1, -0.05) is 44.2 Å². The zero-order valence-electron chi connectivity index (χ0n) is 20.5. The first-order valence-corrected chi connectivity index (χ1v) is 12.2. The van der Waals surface area contributed by atoms with E-state index in [2.05, 4.69) is 33.6 Å². The third-order valence-electron chi connectivity index (χ3n) is 5.26. The van der Waals surface area contributed by atoms with Crippen LogP contribution in [0.15, 0.2) is 35.3 Å². The fraction of sp³-hybridized carbons (Fsp3) is 0.522. The first kappa shape index (κ1) is 30.7. The number of nitrogens with zero attached hydrogens (tertiary/aromatic N) is 1. The number of hydrogen-bond donors (Lipinski definition) is 8. The highest BCUT2D eigenvalue weighted by Crippen LogP contribution is 2.07. The van der Waals surface area contributed by atoms with E-state index in [4.69, 9.17) is 17.2 Å². The maximum absolute atomic E-state index is 12.9. The van der Waals surface area contributed by atoms with E-state index in [-0.39, 0.29) is 30.6 Å². The number of nitrogens with two attached hydrogens (primary N) is 3. The van der Waals surface area contributed by atoms with Gasteiger partial charge >= 0.3 is 5.97 Å². The van der Waals surface area contributed by atoms with Crippen LogP contribution in [0.5, 0.6) is 0 Å². The van der Waals surface area contributed by atoms with Gasteiger partial charge in [0.05, 0.1) is 6.04 Å². The lowest BCUT2D eigenvalue weighted by Gasteiger charge is -2.26. The number of nitrogens with one attached hydrogen (secondary N) is 3. The average molecular weight is 524 g/mol. The summed E-state index contributed by atoms with van der Waals surface area (Å²) in [7, 11) is 0. The van der Waals surface area contributed by atoms with Crippen molar-refractivity contribution in [1.82, 2.24) is 16.0 Å². The highest BCUT2D eigenvalue weighted by Gasteiger charge is 2.31. The summed E-state index contributed by atoms with van der Waals surface area (Å²) in [5.74, 6) is -3.60. The summed E-state index contributed by atoms with van der Waals surface area (Å²) in [4.78, 5) is 53.6. The quantitative estimate of drug-likeness (QED) is 0.0599. The zero-order chi connectivity index (χ0) is 27.3. The molecule has 0 aliphatic rings. The number of hydrogen-bond acceptors (Lipinski definition) is 7. The molecule has 0 spiro atoms. The molecule has 12 nitrogen and oxygen atoms in total. The van der Waals surface area contributed by atoms with Crippen LogP contribution in [0.2, 0.25) is 0 Å². The summed E-state index contributed by atoms with van der Waals surface area (Å²) in [5, 5.41) is 17.0. The number of amides is 3. The lowest BCUT2D eigenvalue weighted by atomic mass is 10.0. The second-order valence-corrected chi connectivity index (χ2v) is 8.98. The SMILES string of the molecule is CC(C)C(NC(=O)C(N)Cc1ccccc1)C(=O)NC(CS)C(=O)NC(CCCN=C(N)N)C(=O)O. The van der Waals surface area contributed by atoms with Gasteiger partial charge in [0.1, 0.15) is 18.1 Å². The maximum Gasteiger partial charge on any atom is 0.326 e. The van der Waals surface area contributed by atoms with Crippen LogP contribution < -0.4 is 33.2 Å². The fourth-order valence-corrected chi connectivity index (χ4v) is 3.50. The van der Waals surface area contributed by atoms with Crippen LogP contribution >= 0.6 is 12.6 Å². The monoisotopic (exact) mass is 523 g/mol. The van der Waals surface area contributed by atoms with Gasteiger partial charge < -0.3 is 38.3 Å². The molecule has 0 aliphatic carbocycles. The first-order valence-electron chi connectivity index (χ1n) is 11.6. The summed E-state index contributed by atoms with van der Waals surface area (Å²) >= 11 is 4.11. The van der Waals surface area contributed by atoms with E-state index in [0.29, 0.717) is 12.8 Å². The predicted molar refractivity (Wildman–Crippen MR) is 140 cm³/mol. The van der Waals surface area contributed by atoms with Crippen molar-refractivity contribution < 1.29 is 24.3 Å². The number of carboxylic acid groups (broad SMARTS) is 1. The van der Waals surface area contributed by atoms with Gasteiger partial charge in [-0.05, 0) is 30.7 Å². The molecule has 0 bridgehead atoms. The van der Waals surface area contributed by atoms with E-state index >= 15 is 0 Å². The van der Waals surface area contributed by atoms with Crippen molar-refractivity contribution in [2.24, 2.45) is 28.1 Å². The van der Waals surface area contributed by atoms with E-state index in [1.165, 1.54) is 0 Å². The molecule has 0 aromatic heterocycles. The molecule has 0 saturated heterocycles. The number of carbonyl (C=O) groups excluding carboxylic acids is 3. The molecule has 4 atom stereocenters. The molecule has 3 amide bonds. The molecule has 0 saturated carbocycles. The predicted octanol–water partition coefficient (Wildman–Crippen LogP) is -1.27. The van der Waals surface area contributed by atoms with Crippen LogP contribution in [-0.4, -0.2) is 71.2 Å². The third kappa shape index (κ3) is 11.0. The topological polar surface area (TPSA) is 215 Å². The Hall–Kier alpha value is -3.32. The Balaban J connectivity index is 2.76. The lowest BCUT2D eigenvalue weighted by Crippen LogP contribution is -2.59. The molecule has 200 valence electrons. The van der Waals surface area contributed by atoms with Crippen LogP contribution in [0.25, 0.3) is 0 Å². The minimum atomic E-state index is -1.24. The van der Waals surface area contributed by atoms with Gasteiger partial charge in [-0.15, -0.1) is 0 Å². The van der Waals surface area contributed by atoms with Crippen molar-refractivity contribution in [3.05, 3.63) is 35.9 Å². The smallest absolute Gasteiger partial charge is 0.326 e. The minimum Gasteiger partial charge on any atom is -0.480 e. The number of aliphatic carboxylic acids is 1. The number of rotatable bonds is 15. The van der Waals surface area contributed by atoms with Crippen molar-refractivity contribution in [1.29, 1.82) is 0 Å². The number of carbonyl (C=O) groups is 4. The maximum atomic E-state index is 12.9. The summed E-state index contributed by atoms with van der Waals surface area (Å²) in [5.41, 5.74) is 17.4. The molecular formula is C23H37N7O5S. The van der Waals surface area contributed by atoms with Crippen molar-refractivity contribution in [2.75, 3.05) is 12.3 Å². The highest BCUT2D eigenvalue weighted by atomic mass is 32.1. The molecule has 1 rings (SSSR count). The number of guanidine groups is 1. The van der Waals surface area contributed by atoms with Crippen molar-refractivity contribution in [3.8, 4) is 0 Å². The summed E-state index contributed by atoms with van der Waals surface area (Å²) in [6, 6.07) is 5.05. The molecule has 0 radical (unpaired) electrons. The Kier molecular flexibility index (Phi) is 13.3. The summed E-state index contributed by atoms with van der Waals surface area (Å²) < 4.78 is 0. The van der Waals surface area contributed by atoms with Crippen molar-refractivity contribution in [3.63, 3.8) is 0 Å². The largest absolute Gasteiger partial charge is 0.480 e. The molecule has 13 heteroatoms. The van der Waals surface area contributed by atoms with E-state index in [1.807, 2.05) is 30.3 Å². The van der Waals surface area contributed by atoms with Crippen LogP contribution in [0, 0.1) is 5.92 Å². The molecule has 0 heterocycles. The average Bonchev–Trinajstić information content (AvgIpc) is 2.82. The minimum absolute atomic E-state index is 0.0784. The Morgan fingerprint density at radius 2 is 1.58 bits per heavy atom. The Morgan fingerprint density at radius 3 is 2.11 bits per heavy atom. The van der Waals surface area contributed by atoms with Crippen molar-refractivity contribution >= 4 is 42.3 Å². The van der Waals surface area contributed by atoms with Gasteiger partial charge in [0.15, 0.2) is 5.96 Å². The van der Waals surface area contributed by atoms with E-state index < -0.39 is 47.9 Å². The summed E-state index contributed by atoms with van der Waals surface area (Å²) in [6.45, 7) is 3.68. The Bertz CT molecular complexity index is 909. The molecule has 1 aromatic carbocycles. The first-order chi connectivity index (χ1) is 17.0. The fourth-order valence-electron chi connectivity index (χ4n) is 3.24. The lowest BCUT2D eigenvalue weighted by molar-refractivity contribution is -0.142. The van der Waals surface area contributed by atoms with Gasteiger partial charge in [0.25, 0.3) is 0 Å². The Morgan fingerprint density at radius 1 is 0.972 bits per heavy atom. The molecule has 1 aromatic rings. The van der Waals surface area contributed by atoms with Gasteiger partial charge in [-0.3, -0.25) is 19.4 Å². The normalized spacial score (nSPS) is 14.1. The van der Waals surface area contributed by atoms with Crippen LogP contribution in [0.4, 0.5) is 0 Å². The van der Waals surface area contributed by atoms with Gasteiger partial charge in [0, 0.05) is 12.3 Å². The number of benzene rings is 1. The number of thiol groups is 1. The molecule has 0 aliphatic heterocycles. The highest BCUT2D eigenvalue weighted by molar-refractivity contribution is 7.80. The van der Waals surface area contributed by atoms with Crippen LogP contribution in [-0.2, 0) is 25.6 Å². The number of carboxylic acids is 1. The zero-order valence-corrected chi connectivity index (χ0v) is 21.4. The van der Waals surface area contributed by atoms with Gasteiger partial charge in [-0.25, -0.2) is 4.79 Å². The molecular weight excluding hydrogens is 486 g/mol. The van der Waals surface area contributed by atoms with Gasteiger partial charge in [0.2, 0.25) is 17.7 Å². The van der Waals surface area contributed by atoms with E-state index in [0.717, 1.165) is 5.56 Å². The molecule has 0 fully saturated rings. The van der Waals surface area contributed by atoms with E-state index in [9.17, 15) is 24.3 Å². The summed E-state index contributed by atoms with van der Waals surface area (Å²) in [6.07, 6.45) is 0.688. The second kappa shape index (κ2) is 15.6. The standard InChI is InChI=1S/C23H37N7O5S/c1-13(2)18(30-19(31)15(24)11-14-7-4-3-5-8-14)21(33)29-17(12-36)20(32)28-16(22(34)35)9-6-10-27-23(25)26/h3-5,7-8,13,15-18,36H,6,9-12,24H2,1-2H3,(H,28,32)(H,29,33)(H,30,31)(H,34,35)(H4,25,26,27).